The predicted octanol–water partition coefficient (Wildman–Crippen LogP) is 0.864. The summed E-state index contributed by atoms with van der Waals surface area (Å²) in [6, 6.07) is -0.00306. The lowest BCUT2D eigenvalue weighted by molar-refractivity contribution is -0.142. The van der Waals surface area contributed by atoms with Crippen LogP contribution in [0.4, 0.5) is 0 Å². The summed E-state index contributed by atoms with van der Waals surface area (Å²) in [7, 11) is 0. The number of carboxylic acid groups (broad SMARTS) is 1. The average molecular weight is 201 g/mol. The van der Waals surface area contributed by atoms with Crippen molar-refractivity contribution >= 4 is 5.97 Å². The minimum absolute atomic E-state index is 0.00306. The van der Waals surface area contributed by atoms with Gasteiger partial charge in [-0.3, -0.25) is 4.79 Å². The molecule has 0 aliphatic carbocycles. The summed E-state index contributed by atoms with van der Waals surface area (Å²) in [5, 5.41) is 12.0. The van der Waals surface area contributed by atoms with E-state index in [1.165, 1.54) is 0 Å². The Morgan fingerprint density at radius 3 is 2.86 bits per heavy atom. The summed E-state index contributed by atoms with van der Waals surface area (Å²) in [5.74, 6) is -1.10. The van der Waals surface area contributed by atoms with E-state index < -0.39 is 5.97 Å². The first-order chi connectivity index (χ1) is 6.61. The molecule has 0 saturated carbocycles. The number of nitrogens with one attached hydrogen (secondary N) is 1. The number of aliphatic carboxylic acids is 1. The molecule has 0 amide bonds. The highest BCUT2D eigenvalue weighted by Crippen LogP contribution is 2.11. The highest BCUT2D eigenvalue weighted by atomic mass is 16.5. The van der Waals surface area contributed by atoms with Gasteiger partial charge < -0.3 is 15.2 Å². The molecule has 4 nitrogen and oxygen atoms in total. The second-order valence-electron chi connectivity index (χ2n) is 3.96. The Morgan fingerprint density at radius 2 is 2.36 bits per heavy atom. The van der Waals surface area contributed by atoms with Gasteiger partial charge in [-0.05, 0) is 19.8 Å². The summed E-state index contributed by atoms with van der Waals surface area (Å²) in [5.41, 5.74) is 0. The highest BCUT2D eigenvalue weighted by molar-refractivity contribution is 5.70. The molecule has 3 unspecified atom stereocenters. The van der Waals surface area contributed by atoms with Crippen molar-refractivity contribution in [3.63, 3.8) is 0 Å². The first-order valence-electron chi connectivity index (χ1n) is 5.19. The van der Waals surface area contributed by atoms with E-state index in [9.17, 15) is 4.79 Å². The maximum Gasteiger partial charge on any atom is 0.307 e. The van der Waals surface area contributed by atoms with Crippen molar-refractivity contribution in [2.24, 2.45) is 5.92 Å². The van der Waals surface area contributed by atoms with Crippen LogP contribution in [0.2, 0.25) is 0 Å². The Balaban J connectivity index is 2.19. The zero-order chi connectivity index (χ0) is 10.6. The lowest BCUT2D eigenvalue weighted by Gasteiger charge is -2.19. The van der Waals surface area contributed by atoms with Crippen LogP contribution in [0.3, 0.4) is 0 Å². The molecule has 0 aromatic rings. The maximum atomic E-state index is 10.7. The summed E-state index contributed by atoms with van der Waals surface area (Å²) in [6.07, 6.45) is 2.48. The molecule has 0 radical (unpaired) electrons. The molecule has 2 N–H and O–H groups in total. The summed E-state index contributed by atoms with van der Waals surface area (Å²) in [4.78, 5) is 10.7. The van der Waals surface area contributed by atoms with Gasteiger partial charge in [-0.1, -0.05) is 6.92 Å². The zero-order valence-electron chi connectivity index (χ0n) is 8.82. The number of hydrogen-bond acceptors (Lipinski definition) is 3. The van der Waals surface area contributed by atoms with Crippen molar-refractivity contribution in [1.82, 2.24) is 5.32 Å². The summed E-state index contributed by atoms with van der Waals surface area (Å²) < 4.78 is 5.43. The van der Waals surface area contributed by atoms with E-state index in [-0.39, 0.29) is 18.1 Å². The molecule has 1 rings (SSSR count). The van der Waals surface area contributed by atoms with Crippen LogP contribution >= 0.6 is 0 Å². The van der Waals surface area contributed by atoms with Crippen LogP contribution in [0.5, 0.6) is 0 Å². The topological polar surface area (TPSA) is 58.6 Å². The molecule has 0 bridgehead atoms. The number of rotatable bonds is 5. The molecule has 3 atom stereocenters. The number of ether oxygens (including phenoxy) is 1. The van der Waals surface area contributed by atoms with Gasteiger partial charge in [0.25, 0.3) is 0 Å². The molecule has 1 aliphatic heterocycles. The van der Waals surface area contributed by atoms with Gasteiger partial charge in [0.05, 0.1) is 12.0 Å². The van der Waals surface area contributed by atoms with Gasteiger partial charge in [0.2, 0.25) is 0 Å². The molecule has 1 aliphatic rings. The Kier molecular flexibility index (Phi) is 4.35. The minimum atomic E-state index is -0.752. The van der Waals surface area contributed by atoms with Crippen LogP contribution in [-0.4, -0.2) is 36.4 Å². The largest absolute Gasteiger partial charge is 0.481 e. The quantitative estimate of drug-likeness (QED) is 0.692. The molecular weight excluding hydrogens is 182 g/mol. The molecule has 0 aromatic heterocycles. The van der Waals surface area contributed by atoms with Gasteiger partial charge in [-0.15, -0.1) is 0 Å². The van der Waals surface area contributed by atoms with Crippen LogP contribution in [0, 0.1) is 5.92 Å². The van der Waals surface area contributed by atoms with E-state index >= 15 is 0 Å². The highest BCUT2D eigenvalue weighted by Gasteiger charge is 2.21. The molecule has 1 fully saturated rings. The Bertz CT molecular complexity index is 190. The van der Waals surface area contributed by atoms with Crippen molar-refractivity contribution in [2.75, 3.05) is 13.2 Å². The lowest BCUT2D eigenvalue weighted by atomic mass is 10.0. The van der Waals surface area contributed by atoms with E-state index in [0.29, 0.717) is 0 Å². The fourth-order valence-corrected chi connectivity index (χ4v) is 1.51. The van der Waals surface area contributed by atoms with Crippen LogP contribution < -0.4 is 5.32 Å². The van der Waals surface area contributed by atoms with Gasteiger partial charge in [-0.2, -0.15) is 0 Å². The van der Waals surface area contributed by atoms with E-state index in [1.54, 1.807) is 6.92 Å². The van der Waals surface area contributed by atoms with E-state index in [4.69, 9.17) is 9.84 Å². The molecule has 1 saturated heterocycles. The first kappa shape index (κ1) is 11.5. The standard InChI is InChI=1S/C10H19NO3/c1-7(10(12)13)8(2)11-6-9-4-3-5-14-9/h7-9,11H,3-6H2,1-2H3,(H,12,13). The maximum absolute atomic E-state index is 10.7. The molecule has 1 heterocycles. The van der Waals surface area contributed by atoms with Gasteiger partial charge >= 0.3 is 5.97 Å². The molecule has 82 valence electrons. The van der Waals surface area contributed by atoms with Crippen molar-refractivity contribution in [1.29, 1.82) is 0 Å². The van der Waals surface area contributed by atoms with E-state index in [0.717, 1.165) is 26.0 Å². The van der Waals surface area contributed by atoms with Crippen molar-refractivity contribution in [3.8, 4) is 0 Å². The summed E-state index contributed by atoms with van der Waals surface area (Å²) >= 11 is 0. The van der Waals surface area contributed by atoms with Crippen LogP contribution in [0.15, 0.2) is 0 Å². The third-order valence-corrected chi connectivity index (χ3v) is 2.83. The van der Waals surface area contributed by atoms with E-state index in [1.807, 2.05) is 6.92 Å². The van der Waals surface area contributed by atoms with Crippen molar-refractivity contribution < 1.29 is 14.6 Å². The van der Waals surface area contributed by atoms with E-state index in [2.05, 4.69) is 5.32 Å². The van der Waals surface area contributed by atoms with Crippen LogP contribution in [0.25, 0.3) is 0 Å². The Hall–Kier alpha value is -0.610. The van der Waals surface area contributed by atoms with Gasteiger partial charge in [-0.25, -0.2) is 0 Å². The molecule has 4 heteroatoms. The Morgan fingerprint density at radius 1 is 1.64 bits per heavy atom. The number of carboxylic acids is 1. The zero-order valence-corrected chi connectivity index (χ0v) is 8.82. The lowest BCUT2D eigenvalue weighted by Crippen LogP contribution is -2.40. The first-order valence-corrected chi connectivity index (χ1v) is 5.19. The van der Waals surface area contributed by atoms with Crippen molar-refractivity contribution in [3.05, 3.63) is 0 Å². The smallest absolute Gasteiger partial charge is 0.307 e. The average Bonchev–Trinajstić information content (AvgIpc) is 2.65. The SMILES string of the molecule is CC(NCC1CCCO1)C(C)C(=O)O. The van der Waals surface area contributed by atoms with Crippen LogP contribution in [0.1, 0.15) is 26.7 Å². The number of carbonyl (C=O) groups is 1. The third kappa shape index (κ3) is 3.27. The van der Waals surface area contributed by atoms with Gasteiger partial charge in [0.15, 0.2) is 0 Å². The molecule has 0 aromatic carbocycles. The normalized spacial score (nSPS) is 26.0. The van der Waals surface area contributed by atoms with Crippen LogP contribution in [-0.2, 0) is 9.53 Å². The third-order valence-electron chi connectivity index (χ3n) is 2.83. The number of hydrogen-bond donors (Lipinski definition) is 2. The fourth-order valence-electron chi connectivity index (χ4n) is 1.51. The van der Waals surface area contributed by atoms with Crippen molar-refractivity contribution in [2.45, 2.75) is 38.8 Å². The summed E-state index contributed by atoms with van der Waals surface area (Å²) in [6.45, 7) is 5.22. The Labute approximate surface area is 84.6 Å². The molecule has 0 spiro atoms. The predicted molar refractivity (Wildman–Crippen MR) is 53.2 cm³/mol. The van der Waals surface area contributed by atoms with Gasteiger partial charge in [0, 0.05) is 19.2 Å². The van der Waals surface area contributed by atoms with Gasteiger partial charge in [0.1, 0.15) is 0 Å². The second kappa shape index (κ2) is 5.32. The second-order valence-corrected chi connectivity index (χ2v) is 3.96. The molecule has 14 heavy (non-hydrogen) atoms. The molecular formula is C10H19NO3. The fraction of sp³-hybridized carbons (Fsp3) is 0.900. The minimum Gasteiger partial charge on any atom is -0.481 e. The monoisotopic (exact) mass is 201 g/mol.